The summed E-state index contributed by atoms with van der Waals surface area (Å²) in [5.74, 6) is -1.31. The molecule has 0 aliphatic carbocycles. The Bertz CT molecular complexity index is 434. The summed E-state index contributed by atoms with van der Waals surface area (Å²) in [4.78, 5) is 0. The fraction of sp³-hybridized carbons (Fsp3) is 0.364. The van der Waals surface area contributed by atoms with Crippen LogP contribution in [0.5, 0.6) is 0 Å². The van der Waals surface area contributed by atoms with Crippen molar-refractivity contribution in [2.75, 3.05) is 5.32 Å². The Labute approximate surface area is 95.9 Å². The zero-order valence-electron chi connectivity index (χ0n) is 8.98. The second-order valence-electron chi connectivity index (χ2n) is 3.60. The van der Waals surface area contributed by atoms with Crippen molar-refractivity contribution < 1.29 is 17.6 Å². The Balaban J connectivity index is 2.94. The van der Waals surface area contributed by atoms with Gasteiger partial charge in [-0.25, -0.2) is 4.39 Å². The zero-order chi connectivity index (χ0) is 13.1. The number of halogens is 4. The molecule has 0 aliphatic rings. The lowest BCUT2D eigenvalue weighted by molar-refractivity contribution is -0.139. The molecule has 6 heteroatoms. The highest BCUT2D eigenvalue weighted by molar-refractivity contribution is 5.47. The maximum Gasteiger partial charge on any atom is 0.419 e. The average Bonchev–Trinajstić information content (AvgIpc) is 2.19. The van der Waals surface area contributed by atoms with Crippen molar-refractivity contribution in [3.63, 3.8) is 0 Å². The Hall–Kier alpha value is -1.77. The van der Waals surface area contributed by atoms with Crippen LogP contribution in [0.2, 0.25) is 0 Å². The molecule has 0 aliphatic heterocycles. The van der Waals surface area contributed by atoms with Crippen LogP contribution in [0, 0.1) is 17.1 Å². The molecule has 0 saturated heterocycles. The van der Waals surface area contributed by atoms with E-state index in [4.69, 9.17) is 5.26 Å². The van der Waals surface area contributed by atoms with E-state index in [2.05, 4.69) is 5.32 Å². The number of rotatable bonds is 3. The van der Waals surface area contributed by atoms with Crippen molar-refractivity contribution in [1.29, 1.82) is 5.26 Å². The van der Waals surface area contributed by atoms with Crippen LogP contribution < -0.4 is 5.32 Å². The van der Waals surface area contributed by atoms with E-state index in [1.54, 1.807) is 6.92 Å². The molecule has 0 aromatic heterocycles. The molecule has 1 unspecified atom stereocenters. The third-order valence-corrected chi connectivity index (χ3v) is 2.08. The standard InChI is InChI=1S/C11H10F4N2/c1-7(4-5-16)17-8-2-3-10(12)9(6-8)11(13,14)15/h2-3,6-7,17H,4H2,1H3. The van der Waals surface area contributed by atoms with Gasteiger partial charge in [-0.2, -0.15) is 18.4 Å². The van der Waals surface area contributed by atoms with Crippen molar-refractivity contribution in [2.24, 2.45) is 0 Å². The van der Waals surface area contributed by atoms with Crippen LogP contribution in [0.25, 0.3) is 0 Å². The van der Waals surface area contributed by atoms with Crippen LogP contribution in [0.3, 0.4) is 0 Å². The van der Waals surface area contributed by atoms with Gasteiger partial charge in [0, 0.05) is 11.7 Å². The third-order valence-electron chi connectivity index (χ3n) is 2.08. The number of alkyl halides is 3. The maximum absolute atomic E-state index is 13.0. The monoisotopic (exact) mass is 246 g/mol. The number of benzene rings is 1. The Morgan fingerprint density at radius 3 is 2.59 bits per heavy atom. The topological polar surface area (TPSA) is 35.8 Å². The molecule has 1 atom stereocenters. The highest BCUT2D eigenvalue weighted by Gasteiger charge is 2.34. The summed E-state index contributed by atoms with van der Waals surface area (Å²) < 4.78 is 50.1. The molecule has 1 aromatic carbocycles. The second-order valence-corrected chi connectivity index (χ2v) is 3.60. The van der Waals surface area contributed by atoms with Gasteiger partial charge in [0.1, 0.15) is 5.82 Å². The van der Waals surface area contributed by atoms with Crippen molar-refractivity contribution in [3.8, 4) is 6.07 Å². The van der Waals surface area contributed by atoms with Gasteiger partial charge < -0.3 is 5.32 Å². The molecule has 0 amide bonds. The molecule has 1 aromatic rings. The first kappa shape index (κ1) is 13.3. The first-order valence-electron chi connectivity index (χ1n) is 4.85. The first-order chi connectivity index (χ1) is 7.84. The normalized spacial score (nSPS) is 12.9. The van der Waals surface area contributed by atoms with E-state index in [1.165, 1.54) is 6.07 Å². The van der Waals surface area contributed by atoms with E-state index in [9.17, 15) is 17.6 Å². The number of anilines is 1. The minimum absolute atomic E-state index is 0.140. The van der Waals surface area contributed by atoms with Crippen molar-refractivity contribution in [2.45, 2.75) is 25.6 Å². The van der Waals surface area contributed by atoms with Gasteiger partial charge in [-0.1, -0.05) is 0 Å². The number of hydrogen-bond acceptors (Lipinski definition) is 2. The molecule has 17 heavy (non-hydrogen) atoms. The van der Waals surface area contributed by atoms with Crippen LogP contribution in [0.1, 0.15) is 18.9 Å². The average molecular weight is 246 g/mol. The maximum atomic E-state index is 13.0. The minimum Gasteiger partial charge on any atom is -0.382 e. The summed E-state index contributed by atoms with van der Waals surface area (Å²) in [5.41, 5.74) is -1.17. The van der Waals surface area contributed by atoms with Crippen LogP contribution in [0.4, 0.5) is 23.2 Å². The van der Waals surface area contributed by atoms with Gasteiger partial charge in [0.15, 0.2) is 0 Å². The van der Waals surface area contributed by atoms with Crippen molar-refractivity contribution in [1.82, 2.24) is 0 Å². The van der Waals surface area contributed by atoms with Crippen LogP contribution in [0.15, 0.2) is 18.2 Å². The smallest absolute Gasteiger partial charge is 0.382 e. The zero-order valence-corrected chi connectivity index (χ0v) is 8.98. The second kappa shape index (κ2) is 5.04. The van der Waals surface area contributed by atoms with Crippen LogP contribution in [-0.4, -0.2) is 6.04 Å². The molecular formula is C11H10F4N2. The van der Waals surface area contributed by atoms with Gasteiger partial charge >= 0.3 is 6.18 Å². The van der Waals surface area contributed by atoms with Gasteiger partial charge in [-0.3, -0.25) is 0 Å². The third kappa shape index (κ3) is 3.63. The molecule has 0 saturated carbocycles. The SMILES string of the molecule is CC(CC#N)Nc1ccc(F)c(C(F)(F)F)c1. The van der Waals surface area contributed by atoms with E-state index in [1.807, 2.05) is 6.07 Å². The highest BCUT2D eigenvalue weighted by Crippen LogP contribution is 2.33. The Morgan fingerprint density at radius 2 is 2.06 bits per heavy atom. The molecule has 92 valence electrons. The van der Waals surface area contributed by atoms with Crippen molar-refractivity contribution in [3.05, 3.63) is 29.6 Å². The summed E-state index contributed by atoms with van der Waals surface area (Å²) in [7, 11) is 0. The van der Waals surface area contributed by atoms with E-state index in [-0.39, 0.29) is 18.2 Å². The van der Waals surface area contributed by atoms with E-state index >= 15 is 0 Å². The van der Waals surface area contributed by atoms with Gasteiger partial charge in [0.25, 0.3) is 0 Å². The molecule has 1 rings (SSSR count). The minimum atomic E-state index is -4.72. The molecule has 2 nitrogen and oxygen atoms in total. The molecule has 1 N–H and O–H groups in total. The number of nitrogens with one attached hydrogen (secondary N) is 1. The van der Waals surface area contributed by atoms with E-state index < -0.39 is 17.6 Å². The lowest BCUT2D eigenvalue weighted by Gasteiger charge is -2.14. The summed E-state index contributed by atoms with van der Waals surface area (Å²) in [6.07, 6.45) is -4.57. The molecule has 0 radical (unpaired) electrons. The lowest BCUT2D eigenvalue weighted by atomic mass is 10.1. The van der Waals surface area contributed by atoms with Gasteiger partial charge in [-0.15, -0.1) is 0 Å². The summed E-state index contributed by atoms with van der Waals surface area (Å²) in [5, 5.41) is 11.1. The van der Waals surface area contributed by atoms with Gasteiger partial charge in [0.05, 0.1) is 18.1 Å². The van der Waals surface area contributed by atoms with Crippen LogP contribution >= 0.6 is 0 Å². The summed E-state index contributed by atoms with van der Waals surface area (Å²) >= 11 is 0. The molecular weight excluding hydrogens is 236 g/mol. The number of nitriles is 1. The predicted molar refractivity (Wildman–Crippen MR) is 54.7 cm³/mol. The quantitative estimate of drug-likeness (QED) is 0.828. The van der Waals surface area contributed by atoms with E-state index in [0.717, 1.165) is 6.07 Å². The summed E-state index contributed by atoms with van der Waals surface area (Å²) in [6, 6.07) is 4.24. The van der Waals surface area contributed by atoms with Crippen molar-refractivity contribution >= 4 is 5.69 Å². The fourth-order valence-electron chi connectivity index (χ4n) is 1.30. The molecule has 0 bridgehead atoms. The predicted octanol–water partition coefficient (Wildman–Crippen LogP) is 3.56. The van der Waals surface area contributed by atoms with Gasteiger partial charge in [0.2, 0.25) is 0 Å². The molecule has 0 spiro atoms. The largest absolute Gasteiger partial charge is 0.419 e. The van der Waals surface area contributed by atoms with Gasteiger partial charge in [-0.05, 0) is 25.1 Å². The highest BCUT2D eigenvalue weighted by atomic mass is 19.4. The lowest BCUT2D eigenvalue weighted by Crippen LogP contribution is -2.15. The first-order valence-corrected chi connectivity index (χ1v) is 4.85. The fourth-order valence-corrected chi connectivity index (χ4v) is 1.30. The molecule has 0 fully saturated rings. The van der Waals surface area contributed by atoms with Crippen LogP contribution in [-0.2, 0) is 6.18 Å². The van der Waals surface area contributed by atoms with E-state index in [0.29, 0.717) is 6.07 Å². The number of nitrogens with zero attached hydrogens (tertiary/aromatic N) is 1. The number of hydrogen-bond donors (Lipinski definition) is 1. The Kier molecular flexibility index (Phi) is 3.94. The molecule has 0 heterocycles. The Morgan fingerprint density at radius 1 is 1.41 bits per heavy atom. The summed E-state index contributed by atoms with van der Waals surface area (Å²) in [6.45, 7) is 1.65.